The fraction of sp³-hybridized carbons (Fsp3) is 0.172. The summed E-state index contributed by atoms with van der Waals surface area (Å²) in [4.78, 5) is 16.5. The number of aromatic nitrogens is 1. The van der Waals surface area contributed by atoms with E-state index in [2.05, 4.69) is 15.6 Å². The Morgan fingerprint density at radius 2 is 1.62 bits per heavy atom. The van der Waals surface area contributed by atoms with Crippen LogP contribution in [0, 0.1) is 17.5 Å². The van der Waals surface area contributed by atoms with Crippen LogP contribution in [0.3, 0.4) is 0 Å². The molecule has 1 aromatic heterocycles. The van der Waals surface area contributed by atoms with Gasteiger partial charge in [0.05, 0.1) is 32.6 Å². The molecular formula is C29H26F3N3O4. The Morgan fingerprint density at radius 3 is 2.31 bits per heavy atom. The summed E-state index contributed by atoms with van der Waals surface area (Å²) in [6.07, 6.45) is 1.01. The summed E-state index contributed by atoms with van der Waals surface area (Å²) in [6.45, 7) is 0.176. The van der Waals surface area contributed by atoms with Gasteiger partial charge in [0.2, 0.25) is 0 Å². The van der Waals surface area contributed by atoms with Crippen LogP contribution in [0.5, 0.6) is 11.5 Å². The summed E-state index contributed by atoms with van der Waals surface area (Å²) in [5.74, 6) is -3.05. The van der Waals surface area contributed by atoms with E-state index in [4.69, 9.17) is 14.2 Å². The van der Waals surface area contributed by atoms with E-state index in [-0.39, 0.29) is 41.2 Å². The van der Waals surface area contributed by atoms with Crippen LogP contribution >= 0.6 is 0 Å². The van der Waals surface area contributed by atoms with Crippen LogP contribution in [0.1, 0.15) is 27.0 Å². The van der Waals surface area contributed by atoms with Crippen LogP contribution in [0.2, 0.25) is 0 Å². The van der Waals surface area contributed by atoms with E-state index < -0.39 is 23.4 Å². The number of carbonyl (C=O) groups is 1. The average molecular weight is 538 g/mol. The predicted molar refractivity (Wildman–Crippen MR) is 141 cm³/mol. The molecule has 1 heterocycles. The van der Waals surface area contributed by atoms with Crippen molar-refractivity contribution in [3.63, 3.8) is 0 Å². The first kappa shape index (κ1) is 27.3. The molecular weight excluding hydrogens is 511 g/mol. The van der Waals surface area contributed by atoms with Crippen molar-refractivity contribution in [1.82, 2.24) is 4.98 Å². The lowest BCUT2D eigenvalue weighted by Gasteiger charge is -2.16. The summed E-state index contributed by atoms with van der Waals surface area (Å²) in [6, 6.07) is 16.1. The number of methoxy groups -OCH3 is 3. The number of hydrogen-bond donors (Lipinski definition) is 2. The lowest BCUT2D eigenvalue weighted by Crippen LogP contribution is -2.12. The van der Waals surface area contributed by atoms with E-state index in [0.29, 0.717) is 17.2 Å². The third-order valence-corrected chi connectivity index (χ3v) is 6.02. The number of benzene rings is 3. The van der Waals surface area contributed by atoms with Crippen LogP contribution in [-0.2, 0) is 17.7 Å². The van der Waals surface area contributed by atoms with Crippen LogP contribution in [0.25, 0.3) is 0 Å². The van der Waals surface area contributed by atoms with Gasteiger partial charge in [-0.2, -0.15) is 0 Å². The van der Waals surface area contributed by atoms with Gasteiger partial charge < -0.3 is 24.8 Å². The molecule has 2 N–H and O–H groups in total. The fourth-order valence-corrected chi connectivity index (χ4v) is 3.99. The van der Waals surface area contributed by atoms with E-state index in [0.717, 1.165) is 18.7 Å². The van der Waals surface area contributed by atoms with Gasteiger partial charge in [0, 0.05) is 36.5 Å². The minimum Gasteiger partial charge on any atom is -0.497 e. The number of halogens is 3. The first-order chi connectivity index (χ1) is 18.9. The van der Waals surface area contributed by atoms with Crippen molar-refractivity contribution in [3.05, 3.63) is 107 Å². The Bertz CT molecular complexity index is 1480. The Kier molecular flexibility index (Phi) is 8.55. The van der Waals surface area contributed by atoms with Gasteiger partial charge in [-0.25, -0.2) is 22.9 Å². The molecule has 39 heavy (non-hydrogen) atoms. The zero-order valence-electron chi connectivity index (χ0n) is 21.5. The number of para-hydroxylation sites is 1. The van der Waals surface area contributed by atoms with Crippen molar-refractivity contribution in [1.29, 1.82) is 0 Å². The maximum Gasteiger partial charge on any atom is 0.340 e. The number of nitrogens with zero attached hydrogens (tertiary/aromatic N) is 1. The number of ether oxygens (including phenoxy) is 3. The number of hydrogen-bond acceptors (Lipinski definition) is 7. The molecule has 0 atom stereocenters. The van der Waals surface area contributed by atoms with Crippen molar-refractivity contribution in [2.45, 2.75) is 13.0 Å². The summed E-state index contributed by atoms with van der Waals surface area (Å²) < 4.78 is 61.2. The normalized spacial score (nSPS) is 10.6. The molecule has 0 spiro atoms. The largest absolute Gasteiger partial charge is 0.497 e. The minimum absolute atomic E-state index is 0.0482. The van der Waals surface area contributed by atoms with Crippen molar-refractivity contribution in [2.75, 3.05) is 32.0 Å². The lowest BCUT2D eigenvalue weighted by atomic mass is 10.00. The van der Waals surface area contributed by atoms with E-state index in [1.54, 1.807) is 48.5 Å². The second-order valence-corrected chi connectivity index (χ2v) is 8.41. The molecule has 3 aromatic carbocycles. The molecule has 0 aliphatic heterocycles. The molecule has 0 aliphatic carbocycles. The number of pyridine rings is 1. The first-order valence-electron chi connectivity index (χ1n) is 11.9. The zero-order valence-corrected chi connectivity index (χ0v) is 21.5. The van der Waals surface area contributed by atoms with Gasteiger partial charge in [0.1, 0.15) is 11.5 Å². The molecule has 0 radical (unpaired) electrons. The average Bonchev–Trinajstić information content (AvgIpc) is 2.97. The Labute approximate surface area is 223 Å². The first-order valence-corrected chi connectivity index (χ1v) is 11.9. The number of carbonyl (C=O) groups excluding carboxylic acids is 1. The number of rotatable bonds is 10. The van der Waals surface area contributed by atoms with Crippen LogP contribution < -0.4 is 20.1 Å². The van der Waals surface area contributed by atoms with E-state index in [9.17, 15) is 4.79 Å². The van der Waals surface area contributed by atoms with Gasteiger partial charge in [0.25, 0.3) is 0 Å². The van der Waals surface area contributed by atoms with E-state index in [1.165, 1.54) is 26.5 Å². The van der Waals surface area contributed by atoms with Crippen molar-refractivity contribution in [2.24, 2.45) is 0 Å². The highest BCUT2D eigenvalue weighted by Crippen LogP contribution is 2.32. The molecule has 202 valence electrons. The molecule has 0 aliphatic rings. The molecule has 0 amide bonds. The summed E-state index contributed by atoms with van der Waals surface area (Å²) >= 11 is 0. The highest BCUT2D eigenvalue weighted by atomic mass is 19.2. The maximum atomic E-state index is 15.4. The SMILES string of the molecule is COC(=O)c1cc(Cc2ccnc(NCc3ccc(OC)cc3OC)c2F)c(F)c(F)c1Nc1ccccc1. The van der Waals surface area contributed by atoms with Gasteiger partial charge in [-0.05, 0) is 47.5 Å². The van der Waals surface area contributed by atoms with Crippen LogP contribution in [0.4, 0.5) is 30.4 Å². The predicted octanol–water partition coefficient (Wildman–Crippen LogP) is 6.25. The summed E-state index contributed by atoms with van der Waals surface area (Å²) in [7, 11) is 4.18. The van der Waals surface area contributed by atoms with Gasteiger partial charge in [-0.1, -0.05) is 18.2 Å². The Hall–Kier alpha value is -4.73. The van der Waals surface area contributed by atoms with Crippen molar-refractivity contribution >= 4 is 23.2 Å². The van der Waals surface area contributed by atoms with E-state index in [1.807, 2.05) is 0 Å². The highest BCUT2D eigenvalue weighted by molar-refractivity contribution is 5.97. The molecule has 0 bridgehead atoms. The van der Waals surface area contributed by atoms with Crippen molar-refractivity contribution < 1.29 is 32.2 Å². The minimum atomic E-state index is -1.28. The Morgan fingerprint density at radius 1 is 0.846 bits per heavy atom. The van der Waals surface area contributed by atoms with Gasteiger partial charge in [-0.3, -0.25) is 0 Å². The molecule has 0 saturated heterocycles. The molecule has 0 saturated carbocycles. The molecule has 0 unspecified atom stereocenters. The van der Waals surface area contributed by atoms with Gasteiger partial charge in [0.15, 0.2) is 23.3 Å². The quantitative estimate of drug-likeness (QED) is 0.232. The third kappa shape index (κ3) is 6.06. The highest BCUT2D eigenvalue weighted by Gasteiger charge is 2.24. The standard InChI is InChI=1S/C29H26F3N3O4/c1-37-21-10-9-18(23(15-21)38-2)16-34-28-25(31)17(11-12-33-28)13-19-14-22(29(36)39-3)27(26(32)24(19)30)35-20-7-5-4-6-8-20/h4-12,14-15,35H,13,16H2,1-3H3,(H,33,34). The second-order valence-electron chi connectivity index (χ2n) is 8.41. The molecule has 10 heteroatoms. The smallest absolute Gasteiger partial charge is 0.340 e. The molecule has 4 aromatic rings. The molecule has 4 rings (SSSR count). The fourth-order valence-electron chi connectivity index (χ4n) is 3.99. The molecule has 7 nitrogen and oxygen atoms in total. The maximum absolute atomic E-state index is 15.4. The monoisotopic (exact) mass is 537 g/mol. The number of anilines is 3. The third-order valence-electron chi connectivity index (χ3n) is 6.02. The van der Waals surface area contributed by atoms with Crippen LogP contribution in [0.15, 0.2) is 66.9 Å². The summed E-state index contributed by atoms with van der Waals surface area (Å²) in [5, 5.41) is 5.64. The summed E-state index contributed by atoms with van der Waals surface area (Å²) in [5.41, 5.74) is 0.391. The number of esters is 1. The topological polar surface area (TPSA) is 81.7 Å². The molecule has 0 fully saturated rings. The Balaban J connectivity index is 1.62. The number of nitrogens with one attached hydrogen (secondary N) is 2. The zero-order chi connectivity index (χ0) is 27.9. The van der Waals surface area contributed by atoms with Gasteiger partial charge in [-0.15, -0.1) is 0 Å². The van der Waals surface area contributed by atoms with Crippen LogP contribution in [-0.4, -0.2) is 32.3 Å². The lowest BCUT2D eigenvalue weighted by molar-refractivity contribution is 0.0601. The van der Waals surface area contributed by atoms with Gasteiger partial charge >= 0.3 is 5.97 Å². The van der Waals surface area contributed by atoms with Crippen molar-refractivity contribution in [3.8, 4) is 11.5 Å². The second kappa shape index (κ2) is 12.2. The van der Waals surface area contributed by atoms with E-state index >= 15 is 13.2 Å².